The van der Waals surface area contributed by atoms with Crippen LogP contribution in [0.1, 0.15) is 40.1 Å². The third-order valence-electron chi connectivity index (χ3n) is 6.59. The normalized spacial score (nSPS) is 20.9. The van der Waals surface area contributed by atoms with E-state index in [-0.39, 0.29) is 23.8 Å². The highest BCUT2D eigenvalue weighted by Gasteiger charge is 2.47. The molecular formula is C25H25ClF3N5O. The molecule has 1 amide bonds. The number of nitrogens with zero attached hydrogens (tertiary/aromatic N) is 4. The zero-order valence-electron chi connectivity index (χ0n) is 18.9. The molecular weight excluding hydrogens is 479 g/mol. The molecule has 2 aromatic carbocycles. The second-order valence-corrected chi connectivity index (χ2v) is 9.39. The molecule has 0 saturated carbocycles. The lowest BCUT2D eigenvalue weighted by Gasteiger charge is -2.34. The molecule has 6 nitrogen and oxygen atoms in total. The molecule has 2 aliphatic rings. The number of carbonyl (C=O) groups excluding carboxylic acids is 1. The molecule has 0 unspecified atom stereocenters. The van der Waals surface area contributed by atoms with E-state index >= 15 is 0 Å². The fourth-order valence-electron chi connectivity index (χ4n) is 4.70. The maximum Gasteiger partial charge on any atom is 0.410 e. The van der Waals surface area contributed by atoms with Crippen molar-refractivity contribution in [3.8, 4) is 0 Å². The van der Waals surface area contributed by atoms with E-state index in [4.69, 9.17) is 11.6 Å². The van der Waals surface area contributed by atoms with Crippen LogP contribution >= 0.6 is 11.6 Å². The predicted molar refractivity (Wildman–Crippen MR) is 127 cm³/mol. The Balaban J connectivity index is 1.30. The maximum absolute atomic E-state index is 13.9. The summed E-state index contributed by atoms with van der Waals surface area (Å²) < 4.78 is 42.8. The van der Waals surface area contributed by atoms with Gasteiger partial charge in [0.15, 0.2) is 11.7 Å². The molecule has 35 heavy (non-hydrogen) atoms. The number of alkyl halides is 3. The van der Waals surface area contributed by atoms with Crippen LogP contribution in [0.3, 0.4) is 0 Å². The summed E-state index contributed by atoms with van der Waals surface area (Å²) in [5, 5.41) is 7.75. The van der Waals surface area contributed by atoms with Gasteiger partial charge in [-0.3, -0.25) is 9.69 Å². The quantitative estimate of drug-likeness (QED) is 0.534. The van der Waals surface area contributed by atoms with Gasteiger partial charge in [0.2, 0.25) is 0 Å². The van der Waals surface area contributed by atoms with Crippen molar-refractivity contribution < 1.29 is 18.0 Å². The van der Waals surface area contributed by atoms with Crippen LogP contribution in [0.15, 0.2) is 60.7 Å². The summed E-state index contributed by atoms with van der Waals surface area (Å²) >= 11 is 5.93. The molecule has 1 fully saturated rings. The molecule has 0 aliphatic carbocycles. The predicted octanol–water partition coefficient (Wildman–Crippen LogP) is 5.15. The summed E-state index contributed by atoms with van der Waals surface area (Å²) in [6, 6.07) is 15.8. The highest BCUT2D eigenvalue weighted by Crippen LogP contribution is 2.43. The van der Waals surface area contributed by atoms with Gasteiger partial charge in [-0.2, -0.15) is 18.3 Å². The molecule has 1 N–H and O–H groups in total. The molecule has 1 aromatic heterocycles. The summed E-state index contributed by atoms with van der Waals surface area (Å²) in [5.74, 6) is -0.165. The first-order valence-corrected chi connectivity index (χ1v) is 11.9. The molecule has 0 bridgehead atoms. The standard InChI is InChI=1S/C25H25ClF3N5O/c26-19-8-6-18(7-9-19)20-14-22(25(27,28)29)34-23(30-20)15-21(31-34)24(35)33-12-10-32(11-13-33)16-17-4-2-1-3-5-17/h1-9,15,20,22,30H,10-14,16H2/t20-,22-/m0/s1. The Labute approximate surface area is 206 Å². The largest absolute Gasteiger partial charge is 0.410 e. The van der Waals surface area contributed by atoms with Crippen LogP contribution in [0, 0.1) is 0 Å². The third kappa shape index (κ3) is 5.16. The highest BCUT2D eigenvalue weighted by molar-refractivity contribution is 6.30. The van der Waals surface area contributed by atoms with E-state index in [1.165, 1.54) is 11.6 Å². The van der Waals surface area contributed by atoms with E-state index in [9.17, 15) is 18.0 Å². The second kappa shape index (κ2) is 9.54. The van der Waals surface area contributed by atoms with Crippen LogP contribution in [0.2, 0.25) is 5.02 Å². The summed E-state index contributed by atoms with van der Waals surface area (Å²) in [5.41, 5.74) is 1.92. The molecule has 0 radical (unpaired) electrons. The summed E-state index contributed by atoms with van der Waals surface area (Å²) in [6.45, 7) is 3.17. The van der Waals surface area contributed by atoms with Crippen molar-refractivity contribution in [2.75, 3.05) is 31.5 Å². The Morgan fingerprint density at radius 1 is 1.03 bits per heavy atom. The number of hydrogen-bond donors (Lipinski definition) is 1. The molecule has 1 saturated heterocycles. The number of carbonyl (C=O) groups is 1. The Morgan fingerprint density at radius 3 is 2.37 bits per heavy atom. The molecule has 184 valence electrons. The first-order chi connectivity index (χ1) is 16.8. The van der Waals surface area contributed by atoms with E-state index in [0.29, 0.717) is 36.8 Å². The van der Waals surface area contributed by atoms with Gasteiger partial charge in [0.1, 0.15) is 5.82 Å². The number of fused-ring (bicyclic) bond motifs is 1. The number of halogens is 4. The minimum Gasteiger partial charge on any atom is -0.363 e. The summed E-state index contributed by atoms with van der Waals surface area (Å²) in [7, 11) is 0. The zero-order valence-corrected chi connectivity index (χ0v) is 19.6. The van der Waals surface area contributed by atoms with Crippen LogP contribution in [-0.4, -0.2) is 57.8 Å². The molecule has 10 heteroatoms. The SMILES string of the molecule is O=C(c1cc2n(n1)[C@H](C(F)(F)F)C[C@@H](c1ccc(Cl)cc1)N2)N1CCN(Cc2ccccc2)CC1. The number of amides is 1. The van der Waals surface area contributed by atoms with E-state index in [1.54, 1.807) is 29.2 Å². The zero-order chi connectivity index (χ0) is 24.6. The van der Waals surface area contributed by atoms with Gasteiger partial charge < -0.3 is 10.2 Å². The average molecular weight is 504 g/mol. The van der Waals surface area contributed by atoms with Gasteiger partial charge in [-0.25, -0.2) is 4.68 Å². The molecule has 5 rings (SSSR count). The lowest BCUT2D eigenvalue weighted by molar-refractivity contribution is -0.173. The topological polar surface area (TPSA) is 53.4 Å². The van der Waals surface area contributed by atoms with E-state index in [0.717, 1.165) is 11.2 Å². The summed E-state index contributed by atoms with van der Waals surface area (Å²) in [4.78, 5) is 17.1. The number of hydrogen-bond acceptors (Lipinski definition) is 4. The minimum atomic E-state index is -4.50. The van der Waals surface area contributed by atoms with Gasteiger partial charge in [0.25, 0.3) is 5.91 Å². The lowest BCUT2D eigenvalue weighted by Crippen LogP contribution is -2.48. The fourth-order valence-corrected chi connectivity index (χ4v) is 4.83. The smallest absolute Gasteiger partial charge is 0.363 e. The van der Waals surface area contributed by atoms with Crippen LogP contribution in [0.25, 0.3) is 0 Å². The van der Waals surface area contributed by atoms with Crippen molar-refractivity contribution in [3.05, 3.63) is 82.5 Å². The molecule has 0 spiro atoms. The first kappa shape index (κ1) is 23.7. The van der Waals surface area contributed by atoms with Gasteiger partial charge >= 0.3 is 6.18 Å². The minimum absolute atomic E-state index is 0.0232. The van der Waals surface area contributed by atoms with Crippen molar-refractivity contribution >= 4 is 23.3 Å². The van der Waals surface area contributed by atoms with E-state index in [2.05, 4.69) is 27.4 Å². The lowest BCUT2D eigenvalue weighted by atomic mass is 9.97. The number of benzene rings is 2. The van der Waals surface area contributed by atoms with Crippen LogP contribution in [0.5, 0.6) is 0 Å². The van der Waals surface area contributed by atoms with Gasteiger partial charge in [-0.1, -0.05) is 54.1 Å². The van der Waals surface area contributed by atoms with Gasteiger partial charge in [-0.15, -0.1) is 0 Å². The fraction of sp³-hybridized carbons (Fsp3) is 0.360. The third-order valence-corrected chi connectivity index (χ3v) is 6.84. The molecule has 2 aliphatic heterocycles. The van der Waals surface area contributed by atoms with Crippen molar-refractivity contribution in [2.45, 2.75) is 31.2 Å². The Bertz CT molecular complexity index is 1170. The van der Waals surface area contributed by atoms with Gasteiger partial charge in [0, 0.05) is 50.2 Å². The van der Waals surface area contributed by atoms with Crippen LogP contribution in [0.4, 0.5) is 19.0 Å². The maximum atomic E-state index is 13.9. The van der Waals surface area contributed by atoms with Crippen molar-refractivity contribution in [1.29, 1.82) is 0 Å². The molecule has 3 aromatic rings. The number of piperazine rings is 1. The molecule has 2 atom stereocenters. The number of aromatic nitrogens is 2. The Morgan fingerprint density at radius 2 is 1.71 bits per heavy atom. The van der Waals surface area contributed by atoms with Gasteiger partial charge in [-0.05, 0) is 23.3 Å². The van der Waals surface area contributed by atoms with E-state index < -0.39 is 18.3 Å². The van der Waals surface area contributed by atoms with Gasteiger partial charge in [0.05, 0.1) is 6.04 Å². The van der Waals surface area contributed by atoms with Crippen molar-refractivity contribution in [2.24, 2.45) is 0 Å². The Hall–Kier alpha value is -3.04. The van der Waals surface area contributed by atoms with E-state index in [1.807, 2.05) is 18.2 Å². The Kier molecular flexibility index (Phi) is 6.46. The number of rotatable bonds is 4. The molecule has 3 heterocycles. The first-order valence-electron chi connectivity index (χ1n) is 11.5. The average Bonchev–Trinajstić information content (AvgIpc) is 3.28. The van der Waals surface area contributed by atoms with Crippen LogP contribution in [-0.2, 0) is 6.54 Å². The highest BCUT2D eigenvalue weighted by atomic mass is 35.5. The number of nitrogens with one attached hydrogen (secondary N) is 1. The monoisotopic (exact) mass is 503 g/mol. The second-order valence-electron chi connectivity index (χ2n) is 8.95. The van der Waals surface area contributed by atoms with Crippen molar-refractivity contribution in [3.63, 3.8) is 0 Å². The van der Waals surface area contributed by atoms with Crippen molar-refractivity contribution in [1.82, 2.24) is 19.6 Å². The number of anilines is 1. The van der Waals surface area contributed by atoms with Crippen LogP contribution < -0.4 is 5.32 Å². The summed E-state index contributed by atoms with van der Waals surface area (Å²) in [6.07, 6.45) is -4.73.